The van der Waals surface area contributed by atoms with Gasteiger partial charge in [-0.3, -0.25) is 9.48 Å². The van der Waals surface area contributed by atoms with Gasteiger partial charge in [-0.25, -0.2) is 0 Å². The molecule has 0 aliphatic carbocycles. The van der Waals surface area contributed by atoms with Gasteiger partial charge in [0.25, 0.3) is 0 Å². The van der Waals surface area contributed by atoms with Crippen molar-refractivity contribution in [2.75, 3.05) is 19.5 Å². The zero-order valence-electron chi connectivity index (χ0n) is 12.0. The molecule has 1 amide bonds. The zero-order valence-corrected chi connectivity index (χ0v) is 12.0. The number of nitrogens with zero attached hydrogens (tertiary/aromatic N) is 2. The van der Waals surface area contributed by atoms with Gasteiger partial charge in [0.2, 0.25) is 5.91 Å². The fourth-order valence-electron chi connectivity index (χ4n) is 1.92. The predicted molar refractivity (Wildman–Crippen MR) is 78.3 cm³/mol. The number of nitrogens with two attached hydrogens (primary N) is 1. The Morgan fingerprint density at radius 2 is 2.19 bits per heavy atom. The first-order valence-corrected chi connectivity index (χ1v) is 6.38. The second-order valence-electron chi connectivity index (χ2n) is 4.42. The summed E-state index contributed by atoms with van der Waals surface area (Å²) in [5, 5.41) is 7.25. The molecule has 1 aromatic heterocycles. The highest BCUT2D eigenvalue weighted by Gasteiger charge is 2.06. The van der Waals surface area contributed by atoms with Gasteiger partial charge in [0.1, 0.15) is 18.0 Å². The third kappa shape index (κ3) is 3.88. The number of hydrogen-bond acceptors (Lipinski definition) is 5. The van der Waals surface area contributed by atoms with Crippen molar-refractivity contribution in [1.82, 2.24) is 9.78 Å². The van der Waals surface area contributed by atoms with Crippen molar-refractivity contribution < 1.29 is 14.3 Å². The molecule has 0 fully saturated rings. The monoisotopic (exact) mass is 290 g/mol. The van der Waals surface area contributed by atoms with Gasteiger partial charge in [0, 0.05) is 18.3 Å². The average molecular weight is 290 g/mol. The Hall–Kier alpha value is -2.70. The van der Waals surface area contributed by atoms with Gasteiger partial charge >= 0.3 is 0 Å². The van der Waals surface area contributed by atoms with Gasteiger partial charge in [0.05, 0.1) is 26.1 Å². The summed E-state index contributed by atoms with van der Waals surface area (Å²) in [7, 11) is 3.24. The minimum absolute atomic E-state index is 0.0597. The third-order valence-corrected chi connectivity index (χ3v) is 2.92. The summed E-state index contributed by atoms with van der Waals surface area (Å²) >= 11 is 0. The van der Waals surface area contributed by atoms with Crippen molar-refractivity contribution in [3.63, 3.8) is 0 Å². The standard InChI is InChI=1S/C14H18N4O3/c1-20-12-3-4-13(21-2)10(5-12)6-16-11-7-17-18(8-11)9-14(15)19/h3-5,7-8,16H,6,9H2,1-2H3,(H2,15,19). The molecular weight excluding hydrogens is 272 g/mol. The highest BCUT2D eigenvalue weighted by atomic mass is 16.5. The van der Waals surface area contributed by atoms with E-state index >= 15 is 0 Å². The molecule has 0 radical (unpaired) electrons. The van der Waals surface area contributed by atoms with Crippen LogP contribution in [0.25, 0.3) is 0 Å². The molecule has 2 aromatic rings. The van der Waals surface area contributed by atoms with E-state index in [0.717, 1.165) is 22.7 Å². The number of benzene rings is 1. The van der Waals surface area contributed by atoms with Crippen LogP contribution in [0.4, 0.5) is 5.69 Å². The van der Waals surface area contributed by atoms with E-state index in [1.165, 1.54) is 4.68 Å². The molecule has 2 rings (SSSR count). The lowest BCUT2D eigenvalue weighted by atomic mass is 10.2. The highest BCUT2D eigenvalue weighted by Crippen LogP contribution is 2.24. The van der Waals surface area contributed by atoms with Crippen LogP contribution in [-0.4, -0.2) is 29.9 Å². The normalized spacial score (nSPS) is 10.2. The van der Waals surface area contributed by atoms with Crippen LogP contribution in [0.2, 0.25) is 0 Å². The van der Waals surface area contributed by atoms with Crippen LogP contribution in [0.15, 0.2) is 30.6 Å². The van der Waals surface area contributed by atoms with Gasteiger partial charge in [-0.1, -0.05) is 0 Å². The number of ether oxygens (including phenoxy) is 2. The number of hydrogen-bond donors (Lipinski definition) is 2. The predicted octanol–water partition coefficient (Wildman–Crippen LogP) is 0.998. The SMILES string of the molecule is COc1ccc(OC)c(CNc2cnn(CC(N)=O)c2)c1. The average Bonchev–Trinajstić information content (AvgIpc) is 2.91. The third-order valence-electron chi connectivity index (χ3n) is 2.92. The van der Waals surface area contributed by atoms with Crippen molar-refractivity contribution in [3.05, 3.63) is 36.2 Å². The summed E-state index contributed by atoms with van der Waals surface area (Å²) in [5.41, 5.74) is 6.87. The Morgan fingerprint density at radius 1 is 1.38 bits per heavy atom. The Kier molecular flexibility index (Phi) is 4.65. The number of carbonyl (C=O) groups is 1. The highest BCUT2D eigenvalue weighted by molar-refractivity contribution is 5.73. The summed E-state index contributed by atoms with van der Waals surface area (Å²) in [6.45, 7) is 0.604. The molecule has 0 saturated heterocycles. The van der Waals surface area contributed by atoms with Crippen LogP contribution < -0.4 is 20.5 Å². The van der Waals surface area contributed by atoms with Crippen LogP contribution in [0, 0.1) is 0 Å². The van der Waals surface area contributed by atoms with E-state index in [9.17, 15) is 4.79 Å². The van der Waals surface area contributed by atoms with E-state index in [2.05, 4.69) is 10.4 Å². The minimum Gasteiger partial charge on any atom is -0.497 e. The largest absolute Gasteiger partial charge is 0.497 e. The molecule has 7 heteroatoms. The lowest BCUT2D eigenvalue weighted by Gasteiger charge is -2.11. The minimum atomic E-state index is -0.431. The summed E-state index contributed by atoms with van der Waals surface area (Å²) < 4.78 is 12.0. The molecule has 1 aromatic carbocycles. The second-order valence-corrected chi connectivity index (χ2v) is 4.42. The van der Waals surface area contributed by atoms with Crippen LogP contribution in [-0.2, 0) is 17.9 Å². The van der Waals surface area contributed by atoms with Crippen molar-refractivity contribution in [2.45, 2.75) is 13.1 Å². The van der Waals surface area contributed by atoms with E-state index < -0.39 is 5.91 Å². The van der Waals surface area contributed by atoms with E-state index in [1.807, 2.05) is 18.2 Å². The van der Waals surface area contributed by atoms with Crippen LogP contribution in [0.1, 0.15) is 5.56 Å². The molecule has 21 heavy (non-hydrogen) atoms. The van der Waals surface area contributed by atoms with Gasteiger partial charge in [0.15, 0.2) is 0 Å². The number of anilines is 1. The number of amides is 1. The zero-order chi connectivity index (χ0) is 15.2. The Morgan fingerprint density at radius 3 is 2.86 bits per heavy atom. The molecule has 0 atom stereocenters. The first-order chi connectivity index (χ1) is 10.1. The maximum atomic E-state index is 10.8. The summed E-state index contributed by atoms with van der Waals surface area (Å²) in [6, 6.07) is 5.60. The van der Waals surface area contributed by atoms with Crippen molar-refractivity contribution in [2.24, 2.45) is 5.73 Å². The smallest absolute Gasteiger partial charge is 0.239 e. The van der Waals surface area contributed by atoms with Crippen LogP contribution in [0.3, 0.4) is 0 Å². The molecule has 7 nitrogen and oxygen atoms in total. The maximum absolute atomic E-state index is 10.8. The molecule has 0 unspecified atom stereocenters. The Bertz CT molecular complexity index is 624. The first-order valence-electron chi connectivity index (χ1n) is 6.38. The van der Waals surface area contributed by atoms with E-state index in [-0.39, 0.29) is 6.54 Å². The van der Waals surface area contributed by atoms with E-state index in [1.54, 1.807) is 26.6 Å². The van der Waals surface area contributed by atoms with E-state index in [4.69, 9.17) is 15.2 Å². The van der Waals surface area contributed by atoms with Gasteiger partial charge < -0.3 is 20.5 Å². The number of methoxy groups -OCH3 is 2. The number of rotatable bonds is 7. The van der Waals surface area contributed by atoms with E-state index in [0.29, 0.717) is 6.54 Å². The molecule has 1 heterocycles. The molecule has 0 spiro atoms. The van der Waals surface area contributed by atoms with Crippen LogP contribution in [0.5, 0.6) is 11.5 Å². The van der Waals surface area contributed by atoms with Crippen LogP contribution >= 0.6 is 0 Å². The molecule has 3 N–H and O–H groups in total. The topological polar surface area (TPSA) is 91.4 Å². The Labute approximate surface area is 122 Å². The van der Waals surface area contributed by atoms with Crippen molar-refractivity contribution in [3.8, 4) is 11.5 Å². The molecule has 0 saturated carbocycles. The quantitative estimate of drug-likeness (QED) is 0.793. The number of primary amides is 1. The maximum Gasteiger partial charge on any atom is 0.239 e. The molecule has 0 aliphatic heterocycles. The molecular formula is C14H18N4O3. The molecule has 0 bridgehead atoms. The van der Waals surface area contributed by atoms with Crippen molar-refractivity contribution >= 4 is 11.6 Å². The Balaban J connectivity index is 2.05. The second kappa shape index (κ2) is 6.65. The lowest BCUT2D eigenvalue weighted by Crippen LogP contribution is -2.18. The summed E-state index contributed by atoms with van der Waals surface area (Å²) in [5.74, 6) is 1.10. The summed E-state index contributed by atoms with van der Waals surface area (Å²) in [4.78, 5) is 10.8. The van der Waals surface area contributed by atoms with Crippen molar-refractivity contribution in [1.29, 1.82) is 0 Å². The molecule has 0 aliphatic rings. The molecule has 112 valence electrons. The first kappa shape index (κ1) is 14.7. The number of aromatic nitrogens is 2. The van der Waals surface area contributed by atoms with Gasteiger partial charge in [-0.05, 0) is 18.2 Å². The fourth-order valence-corrected chi connectivity index (χ4v) is 1.92. The van der Waals surface area contributed by atoms with Gasteiger partial charge in [-0.15, -0.1) is 0 Å². The fraction of sp³-hybridized carbons (Fsp3) is 0.286. The summed E-state index contributed by atoms with van der Waals surface area (Å²) in [6.07, 6.45) is 3.35. The lowest BCUT2D eigenvalue weighted by molar-refractivity contribution is -0.118. The number of carbonyl (C=O) groups excluding carboxylic acids is 1. The number of nitrogens with one attached hydrogen (secondary N) is 1. The van der Waals surface area contributed by atoms with Gasteiger partial charge in [-0.2, -0.15) is 5.10 Å².